The number of hydrogen-bond donors (Lipinski definition) is 6. The SMILES string of the molecule is CCC(C)C(NC(=O)C(N)Cc1c[nH]c2ccccc12)C(=O)NC(C(=O)N1CCCC1C(=O)O)C(C)O. The molecule has 0 aliphatic carbocycles. The molecule has 2 heterocycles. The summed E-state index contributed by atoms with van der Waals surface area (Å²) in [5.74, 6) is -3.26. The molecular formula is C26H37N5O6. The molecule has 6 unspecified atom stereocenters. The molecule has 11 nitrogen and oxygen atoms in total. The molecule has 0 saturated carbocycles. The van der Waals surface area contributed by atoms with Gasteiger partial charge in [0.25, 0.3) is 0 Å². The third-order valence-electron chi connectivity index (χ3n) is 7.11. The molecule has 202 valence electrons. The van der Waals surface area contributed by atoms with E-state index in [0.29, 0.717) is 19.3 Å². The number of likely N-dealkylation sites (tertiary alicyclic amines) is 1. The van der Waals surface area contributed by atoms with Crippen molar-refractivity contribution in [2.45, 2.75) is 76.7 Å². The van der Waals surface area contributed by atoms with Gasteiger partial charge in [-0.2, -0.15) is 0 Å². The molecule has 1 aromatic carbocycles. The van der Waals surface area contributed by atoms with E-state index in [-0.39, 0.29) is 18.9 Å². The number of carboxylic acids is 1. The van der Waals surface area contributed by atoms with E-state index in [9.17, 15) is 29.4 Å². The predicted molar refractivity (Wildman–Crippen MR) is 137 cm³/mol. The van der Waals surface area contributed by atoms with E-state index in [2.05, 4.69) is 15.6 Å². The number of aromatic amines is 1. The smallest absolute Gasteiger partial charge is 0.326 e. The van der Waals surface area contributed by atoms with Crippen LogP contribution in [0.15, 0.2) is 30.5 Å². The number of rotatable bonds is 11. The topological polar surface area (TPSA) is 178 Å². The molecule has 1 fully saturated rings. The highest BCUT2D eigenvalue weighted by molar-refractivity contribution is 5.95. The maximum atomic E-state index is 13.3. The standard InChI is InChI=1S/C26H37N5O6/c1-4-14(2)21(29-23(33)18(27)12-16-13-28-19-9-6-5-8-17(16)19)24(34)30-22(15(3)32)25(35)31-11-7-10-20(31)26(36)37/h5-6,8-9,13-15,18,20-22,28,32H,4,7,10-12,27H2,1-3H3,(H,29,33)(H,30,34)(H,36,37). The van der Waals surface area contributed by atoms with Crippen molar-refractivity contribution in [3.05, 3.63) is 36.0 Å². The molecule has 7 N–H and O–H groups in total. The van der Waals surface area contributed by atoms with Gasteiger partial charge < -0.3 is 36.5 Å². The fraction of sp³-hybridized carbons (Fsp3) is 0.538. The van der Waals surface area contributed by atoms with Crippen molar-refractivity contribution in [3.8, 4) is 0 Å². The van der Waals surface area contributed by atoms with Crippen molar-refractivity contribution in [2.75, 3.05) is 6.54 Å². The summed E-state index contributed by atoms with van der Waals surface area (Å²) in [5.41, 5.74) is 8.01. The number of aromatic nitrogens is 1. The molecule has 1 saturated heterocycles. The van der Waals surface area contributed by atoms with Crippen molar-refractivity contribution in [2.24, 2.45) is 11.7 Å². The molecule has 37 heavy (non-hydrogen) atoms. The van der Waals surface area contributed by atoms with Crippen molar-refractivity contribution >= 4 is 34.6 Å². The fourth-order valence-electron chi connectivity index (χ4n) is 4.69. The molecule has 0 radical (unpaired) electrons. The van der Waals surface area contributed by atoms with Crippen LogP contribution < -0.4 is 16.4 Å². The summed E-state index contributed by atoms with van der Waals surface area (Å²) in [4.78, 5) is 55.2. The van der Waals surface area contributed by atoms with Crippen LogP contribution in [0.4, 0.5) is 0 Å². The number of nitrogens with zero attached hydrogens (tertiary/aromatic N) is 1. The fourth-order valence-corrected chi connectivity index (χ4v) is 4.69. The summed E-state index contributed by atoms with van der Waals surface area (Å²) in [5, 5.41) is 25.9. The number of nitrogens with two attached hydrogens (primary N) is 1. The van der Waals surface area contributed by atoms with Gasteiger partial charge in [0.05, 0.1) is 12.1 Å². The number of para-hydroxylation sites is 1. The Labute approximate surface area is 215 Å². The van der Waals surface area contributed by atoms with Gasteiger partial charge in [-0.05, 0) is 43.7 Å². The maximum absolute atomic E-state index is 13.3. The number of nitrogens with one attached hydrogen (secondary N) is 3. The number of aliphatic hydroxyl groups excluding tert-OH is 1. The van der Waals surface area contributed by atoms with Crippen molar-refractivity contribution < 1.29 is 29.4 Å². The van der Waals surface area contributed by atoms with Crippen LogP contribution in [0.1, 0.15) is 45.6 Å². The second kappa shape index (κ2) is 12.2. The molecule has 2 aromatic rings. The summed E-state index contributed by atoms with van der Waals surface area (Å²) in [6.07, 6.45) is 2.16. The van der Waals surface area contributed by atoms with E-state index in [0.717, 1.165) is 16.5 Å². The van der Waals surface area contributed by atoms with E-state index in [1.165, 1.54) is 11.8 Å². The Bertz CT molecular complexity index is 1130. The zero-order valence-corrected chi connectivity index (χ0v) is 21.4. The van der Waals surface area contributed by atoms with Gasteiger partial charge in [-0.25, -0.2) is 4.79 Å². The first-order chi connectivity index (χ1) is 17.5. The maximum Gasteiger partial charge on any atom is 0.326 e. The minimum Gasteiger partial charge on any atom is -0.480 e. The summed E-state index contributed by atoms with van der Waals surface area (Å²) in [6, 6.07) is 3.38. The normalized spacial score (nSPS) is 19.6. The Hall–Kier alpha value is -3.44. The lowest BCUT2D eigenvalue weighted by molar-refractivity contribution is -0.151. The second-order valence-electron chi connectivity index (χ2n) is 9.80. The minimum atomic E-state index is -1.35. The Morgan fingerprint density at radius 1 is 1.14 bits per heavy atom. The summed E-state index contributed by atoms with van der Waals surface area (Å²) in [6.45, 7) is 5.23. The van der Waals surface area contributed by atoms with Crippen LogP contribution in [0.2, 0.25) is 0 Å². The first-order valence-corrected chi connectivity index (χ1v) is 12.7. The number of H-pyrrole nitrogens is 1. The van der Waals surface area contributed by atoms with E-state index < -0.39 is 54.0 Å². The number of carbonyl (C=O) groups excluding carboxylic acids is 3. The Morgan fingerprint density at radius 2 is 1.81 bits per heavy atom. The average molecular weight is 516 g/mol. The van der Waals surface area contributed by atoms with Gasteiger partial charge in [0.15, 0.2) is 0 Å². The minimum absolute atomic E-state index is 0.225. The van der Waals surface area contributed by atoms with Crippen molar-refractivity contribution in [1.29, 1.82) is 0 Å². The van der Waals surface area contributed by atoms with E-state index >= 15 is 0 Å². The van der Waals surface area contributed by atoms with Crippen molar-refractivity contribution in [1.82, 2.24) is 20.5 Å². The Morgan fingerprint density at radius 3 is 2.46 bits per heavy atom. The first kappa shape index (κ1) is 28.1. The van der Waals surface area contributed by atoms with Crippen LogP contribution in [0.3, 0.4) is 0 Å². The lowest BCUT2D eigenvalue weighted by atomic mass is 9.96. The third kappa shape index (κ3) is 6.47. The monoisotopic (exact) mass is 515 g/mol. The Kier molecular flexibility index (Phi) is 9.28. The molecule has 0 bridgehead atoms. The largest absolute Gasteiger partial charge is 0.480 e. The van der Waals surface area contributed by atoms with Crippen molar-refractivity contribution in [3.63, 3.8) is 0 Å². The Balaban J connectivity index is 1.71. The van der Waals surface area contributed by atoms with Gasteiger partial charge in [-0.15, -0.1) is 0 Å². The van der Waals surface area contributed by atoms with E-state index in [4.69, 9.17) is 5.73 Å². The molecular weight excluding hydrogens is 478 g/mol. The van der Waals surface area contributed by atoms with Crippen LogP contribution >= 0.6 is 0 Å². The zero-order chi connectivity index (χ0) is 27.3. The van der Waals surface area contributed by atoms with E-state index in [1.54, 1.807) is 13.1 Å². The lowest BCUT2D eigenvalue weighted by Crippen LogP contribution is -2.61. The molecule has 6 atom stereocenters. The van der Waals surface area contributed by atoms with E-state index in [1.807, 2.05) is 31.2 Å². The molecule has 1 aliphatic rings. The molecule has 3 rings (SSSR count). The number of carboxylic acid groups (broad SMARTS) is 1. The van der Waals surface area contributed by atoms with Gasteiger partial charge in [0.1, 0.15) is 18.1 Å². The molecule has 11 heteroatoms. The van der Waals surface area contributed by atoms with Crippen LogP contribution in [0.5, 0.6) is 0 Å². The summed E-state index contributed by atoms with van der Waals surface area (Å²) in [7, 11) is 0. The van der Waals surface area contributed by atoms with Crippen LogP contribution in [-0.2, 0) is 25.6 Å². The summed E-state index contributed by atoms with van der Waals surface area (Å²) < 4.78 is 0. The predicted octanol–water partition coefficient (Wildman–Crippen LogP) is 0.510. The highest BCUT2D eigenvalue weighted by atomic mass is 16.4. The lowest BCUT2D eigenvalue weighted by Gasteiger charge is -2.31. The molecule has 0 spiro atoms. The second-order valence-corrected chi connectivity index (χ2v) is 9.80. The highest BCUT2D eigenvalue weighted by Gasteiger charge is 2.40. The number of aliphatic carboxylic acids is 1. The number of carbonyl (C=O) groups is 4. The molecule has 1 aliphatic heterocycles. The number of aliphatic hydroxyl groups is 1. The van der Waals surface area contributed by atoms with Gasteiger partial charge in [-0.1, -0.05) is 38.5 Å². The van der Waals surface area contributed by atoms with Gasteiger partial charge in [0.2, 0.25) is 17.7 Å². The van der Waals surface area contributed by atoms with Gasteiger partial charge in [0, 0.05) is 23.6 Å². The number of hydrogen-bond acceptors (Lipinski definition) is 6. The zero-order valence-electron chi connectivity index (χ0n) is 21.4. The number of amides is 3. The van der Waals surface area contributed by atoms with Crippen LogP contribution in [-0.4, -0.2) is 80.6 Å². The molecule has 1 aromatic heterocycles. The number of benzene rings is 1. The van der Waals surface area contributed by atoms with Crippen LogP contribution in [0, 0.1) is 5.92 Å². The van der Waals surface area contributed by atoms with Crippen LogP contribution in [0.25, 0.3) is 10.9 Å². The van der Waals surface area contributed by atoms with Gasteiger partial charge >= 0.3 is 5.97 Å². The quantitative estimate of drug-likeness (QED) is 0.252. The third-order valence-corrected chi connectivity index (χ3v) is 7.11. The molecule has 3 amide bonds. The summed E-state index contributed by atoms with van der Waals surface area (Å²) >= 11 is 0. The number of fused-ring (bicyclic) bond motifs is 1. The average Bonchev–Trinajstić information content (AvgIpc) is 3.52. The highest BCUT2D eigenvalue weighted by Crippen LogP contribution is 2.21. The van der Waals surface area contributed by atoms with Gasteiger partial charge in [-0.3, -0.25) is 14.4 Å². The first-order valence-electron chi connectivity index (χ1n) is 12.7.